The lowest BCUT2D eigenvalue weighted by atomic mass is 10.2. The fraction of sp³-hybridized carbons (Fsp3) is 0.160. The van der Waals surface area contributed by atoms with Gasteiger partial charge in [0, 0.05) is 25.4 Å². The van der Waals surface area contributed by atoms with Gasteiger partial charge < -0.3 is 19.9 Å². The number of alkyl halides is 6. The van der Waals surface area contributed by atoms with E-state index in [2.05, 4.69) is 32.0 Å². The van der Waals surface area contributed by atoms with Crippen LogP contribution in [0.15, 0.2) is 65.9 Å². The number of rotatable bonds is 8. The highest BCUT2D eigenvalue weighted by molar-refractivity contribution is 6.33. The number of benzene rings is 2. The van der Waals surface area contributed by atoms with E-state index in [0.29, 0.717) is 34.8 Å². The Kier molecular flexibility index (Phi) is 7.72. The van der Waals surface area contributed by atoms with Crippen molar-refractivity contribution in [2.75, 3.05) is 23.9 Å². The van der Waals surface area contributed by atoms with Crippen molar-refractivity contribution >= 4 is 35.4 Å². The topological polar surface area (TPSA) is 78.4 Å². The number of pyridine rings is 1. The van der Waals surface area contributed by atoms with Crippen molar-refractivity contribution in [2.45, 2.75) is 12.4 Å². The second kappa shape index (κ2) is 10.8. The molecule has 4 aromatic rings. The van der Waals surface area contributed by atoms with Gasteiger partial charge in [-0.1, -0.05) is 11.6 Å². The number of hydrogen-bond donors (Lipinski definition) is 2. The number of anilines is 2. The second-order valence-corrected chi connectivity index (χ2v) is 8.56. The van der Waals surface area contributed by atoms with Crippen LogP contribution in [0, 0.1) is 0 Å². The Morgan fingerprint density at radius 2 is 1.74 bits per heavy atom. The van der Waals surface area contributed by atoms with E-state index < -0.39 is 23.6 Å². The Labute approximate surface area is 223 Å². The Hall–Kier alpha value is -4.26. The number of nitrogens with zero attached hydrogens (tertiary/aromatic N) is 4. The number of ether oxygens (including phenoxy) is 1. The fourth-order valence-electron chi connectivity index (χ4n) is 3.48. The Balaban J connectivity index is 1.46. The number of aliphatic imine (C=N–C) groups is 1. The molecule has 14 heteroatoms. The molecule has 0 bridgehead atoms. The first-order valence-electron chi connectivity index (χ1n) is 11.0. The summed E-state index contributed by atoms with van der Waals surface area (Å²) in [7, 11) is 1.73. The van der Waals surface area contributed by atoms with Crippen molar-refractivity contribution in [2.24, 2.45) is 4.99 Å². The molecule has 0 aliphatic carbocycles. The zero-order valence-electron chi connectivity index (χ0n) is 20.0. The summed E-state index contributed by atoms with van der Waals surface area (Å²) in [6.45, 7) is 3.74. The third kappa shape index (κ3) is 6.60. The molecule has 0 saturated carbocycles. The van der Waals surface area contributed by atoms with Gasteiger partial charge >= 0.3 is 12.4 Å². The average Bonchev–Trinajstić information content (AvgIpc) is 3.39. The minimum Gasteiger partial charge on any atom is -0.457 e. The van der Waals surface area contributed by atoms with Crippen LogP contribution in [0.1, 0.15) is 11.3 Å². The number of aromatic amines is 1. The summed E-state index contributed by atoms with van der Waals surface area (Å²) in [6.07, 6.45) is -7.02. The molecule has 0 fully saturated rings. The highest BCUT2D eigenvalue weighted by Crippen LogP contribution is 2.36. The van der Waals surface area contributed by atoms with Crippen molar-refractivity contribution in [1.29, 1.82) is 0 Å². The van der Waals surface area contributed by atoms with Crippen LogP contribution in [-0.4, -0.2) is 35.4 Å². The van der Waals surface area contributed by atoms with Crippen LogP contribution < -0.4 is 15.0 Å². The predicted molar refractivity (Wildman–Crippen MR) is 136 cm³/mol. The molecule has 39 heavy (non-hydrogen) atoms. The minimum absolute atomic E-state index is 0.0705. The Bertz CT molecular complexity index is 1490. The zero-order valence-corrected chi connectivity index (χ0v) is 20.8. The fourth-order valence-corrected chi connectivity index (χ4v) is 3.72. The van der Waals surface area contributed by atoms with E-state index in [-0.39, 0.29) is 23.2 Å². The van der Waals surface area contributed by atoms with Crippen molar-refractivity contribution in [3.8, 4) is 23.0 Å². The molecule has 2 heterocycles. The van der Waals surface area contributed by atoms with Gasteiger partial charge in [0.15, 0.2) is 5.82 Å². The summed E-state index contributed by atoms with van der Waals surface area (Å²) in [5, 5.41) is 2.90. The van der Waals surface area contributed by atoms with Gasteiger partial charge in [-0.05, 0) is 43.1 Å². The maximum absolute atomic E-state index is 12.9. The molecule has 0 amide bonds. The van der Waals surface area contributed by atoms with Gasteiger partial charge in [0.2, 0.25) is 0 Å². The van der Waals surface area contributed by atoms with E-state index in [9.17, 15) is 26.3 Å². The lowest BCUT2D eigenvalue weighted by Crippen LogP contribution is -2.25. The van der Waals surface area contributed by atoms with Crippen molar-refractivity contribution in [3.63, 3.8) is 0 Å². The zero-order chi connectivity index (χ0) is 28.4. The summed E-state index contributed by atoms with van der Waals surface area (Å²) < 4.78 is 83.1. The van der Waals surface area contributed by atoms with E-state index in [4.69, 9.17) is 16.3 Å². The van der Waals surface area contributed by atoms with Crippen LogP contribution in [0.5, 0.6) is 11.5 Å². The second-order valence-electron chi connectivity index (χ2n) is 8.16. The minimum atomic E-state index is -4.57. The molecule has 4 rings (SSSR count). The first-order valence-corrected chi connectivity index (χ1v) is 11.4. The molecule has 2 N–H and O–H groups in total. The molecule has 0 aliphatic heterocycles. The molecule has 0 radical (unpaired) electrons. The highest BCUT2D eigenvalue weighted by Gasteiger charge is 2.33. The van der Waals surface area contributed by atoms with Gasteiger partial charge in [-0.3, -0.25) is 9.98 Å². The van der Waals surface area contributed by atoms with Crippen molar-refractivity contribution in [1.82, 2.24) is 15.0 Å². The number of H-pyrrole nitrogens is 1. The smallest absolute Gasteiger partial charge is 0.432 e. The highest BCUT2D eigenvalue weighted by atomic mass is 35.5. The lowest BCUT2D eigenvalue weighted by Gasteiger charge is -2.23. The van der Waals surface area contributed by atoms with Gasteiger partial charge in [-0.25, -0.2) is 4.98 Å². The molecule has 204 valence electrons. The van der Waals surface area contributed by atoms with E-state index in [1.165, 1.54) is 24.4 Å². The Morgan fingerprint density at radius 1 is 1.00 bits per heavy atom. The van der Waals surface area contributed by atoms with Crippen molar-refractivity contribution in [3.05, 3.63) is 77.2 Å². The summed E-state index contributed by atoms with van der Waals surface area (Å²) in [5.74, 6) is 0.583. The number of hydrogen-bond acceptors (Lipinski definition) is 6. The first kappa shape index (κ1) is 27.8. The average molecular weight is 569 g/mol. The molecule has 2 aromatic heterocycles. The predicted octanol–water partition coefficient (Wildman–Crippen LogP) is 7.79. The summed E-state index contributed by atoms with van der Waals surface area (Å²) in [6, 6.07) is 10.9. The van der Waals surface area contributed by atoms with Crippen LogP contribution in [0.4, 0.5) is 43.4 Å². The van der Waals surface area contributed by atoms with Gasteiger partial charge in [-0.15, -0.1) is 0 Å². The lowest BCUT2D eigenvalue weighted by molar-refractivity contribution is -0.141. The molecular weight excluding hydrogens is 550 g/mol. The summed E-state index contributed by atoms with van der Waals surface area (Å²) in [4.78, 5) is 15.7. The van der Waals surface area contributed by atoms with E-state index in [1.54, 1.807) is 30.1 Å². The molecular formula is C25H19ClF6N6O. The number of nitrogens with one attached hydrogen (secondary N) is 2. The molecule has 0 saturated heterocycles. The number of halogens is 7. The largest absolute Gasteiger partial charge is 0.457 e. The summed E-state index contributed by atoms with van der Waals surface area (Å²) in [5.41, 5.74) is -0.325. The first-order chi connectivity index (χ1) is 18.3. The molecule has 0 atom stereocenters. The van der Waals surface area contributed by atoms with Gasteiger partial charge in [0.25, 0.3) is 0 Å². The molecule has 0 unspecified atom stereocenters. The van der Waals surface area contributed by atoms with E-state index in [1.807, 2.05) is 0 Å². The standard InChI is InChI=1S/C25H19ClF6N6O/c1-33-19-10-15(39-16-7-8-34-20(11-16)23-35-12-22(37-23)25(30,31)32)4-6-21(19)38(2)13-36-18-5-3-14(9-17(18)26)24(27,28)29/h3-12,36H,1,13H2,2H3,(H,35,37). The van der Waals surface area contributed by atoms with Crippen LogP contribution >= 0.6 is 11.6 Å². The third-order valence-corrected chi connectivity index (χ3v) is 5.74. The molecule has 2 aromatic carbocycles. The van der Waals surface area contributed by atoms with Gasteiger partial charge in [-0.2, -0.15) is 26.3 Å². The maximum Gasteiger partial charge on any atom is 0.432 e. The molecule has 7 nitrogen and oxygen atoms in total. The van der Waals surface area contributed by atoms with E-state index >= 15 is 0 Å². The van der Waals surface area contributed by atoms with Gasteiger partial charge in [0.05, 0.1) is 40.5 Å². The number of aromatic nitrogens is 3. The maximum atomic E-state index is 12.9. The van der Waals surface area contributed by atoms with Crippen LogP contribution in [0.2, 0.25) is 5.02 Å². The quantitative estimate of drug-likeness (QED) is 0.129. The monoisotopic (exact) mass is 568 g/mol. The van der Waals surface area contributed by atoms with Crippen LogP contribution in [0.3, 0.4) is 0 Å². The van der Waals surface area contributed by atoms with Crippen molar-refractivity contribution < 1.29 is 31.1 Å². The molecule has 0 aliphatic rings. The third-order valence-electron chi connectivity index (χ3n) is 5.42. The van der Waals surface area contributed by atoms with Gasteiger partial charge in [0.1, 0.15) is 22.9 Å². The van der Waals surface area contributed by atoms with E-state index in [0.717, 1.165) is 12.1 Å². The Morgan fingerprint density at radius 3 is 2.38 bits per heavy atom. The molecule has 0 spiro atoms. The van der Waals surface area contributed by atoms with Crippen LogP contribution in [0.25, 0.3) is 11.5 Å². The summed E-state index contributed by atoms with van der Waals surface area (Å²) >= 11 is 6.01. The number of imidazole rings is 1. The normalized spacial score (nSPS) is 11.8. The van der Waals surface area contributed by atoms with Crippen LogP contribution in [-0.2, 0) is 12.4 Å². The SMILES string of the molecule is C=Nc1cc(Oc2ccnc(-c3ncc(C(F)(F)F)[nH]3)c2)ccc1N(C)CNc1ccc(C(F)(F)F)cc1Cl.